The van der Waals surface area contributed by atoms with Crippen LogP contribution >= 0.6 is 0 Å². The van der Waals surface area contributed by atoms with Crippen LogP contribution in [0, 0.1) is 5.41 Å². The van der Waals surface area contributed by atoms with Gasteiger partial charge in [-0.25, -0.2) is 0 Å². The number of hydrogen-bond donors (Lipinski definition) is 1. The first kappa shape index (κ1) is 14.0. The SMILES string of the molecule is CCCN/C(=C/C(=O)C(C)(C)C)OCC. The van der Waals surface area contributed by atoms with Crippen LogP contribution in [0.1, 0.15) is 41.0 Å². The Balaban J connectivity index is 4.45. The van der Waals surface area contributed by atoms with E-state index in [9.17, 15) is 4.79 Å². The third kappa shape index (κ3) is 6.15. The first-order chi connectivity index (χ1) is 6.91. The van der Waals surface area contributed by atoms with Crippen LogP contribution in [0.15, 0.2) is 12.0 Å². The van der Waals surface area contributed by atoms with Gasteiger partial charge in [0.05, 0.1) is 6.61 Å². The second kappa shape index (κ2) is 6.49. The molecular weight excluding hydrogens is 190 g/mol. The Morgan fingerprint density at radius 3 is 2.33 bits per heavy atom. The highest BCUT2D eigenvalue weighted by Gasteiger charge is 2.19. The molecule has 0 aromatic carbocycles. The fraction of sp³-hybridized carbons (Fsp3) is 0.750. The normalized spacial score (nSPS) is 12.5. The maximum Gasteiger partial charge on any atom is 0.190 e. The Kier molecular flexibility index (Phi) is 6.06. The van der Waals surface area contributed by atoms with Gasteiger partial charge in [-0.2, -0.15) is 0 Å². The van der Waals surface area contributed by atoms with Crippen molar-refractivity contribution in [1.29, 1.82) is 0 Å². The Morgan fingerprint density at radius 1 is 1.33 bits per heavy atom. The van der Waals surface area contributed by atoms with Crippen molar-refractivity contribution >= 4 is 5.78 Å². The highest BCUT2D eigenvalue weighted by Crippen LogP contribution is 2.16. The molecule has 0 saturated heterocycles. The van der Waals surface area contributed by atoms with Gasteiger partial charge in [-0.3, -0.25) is 4.79 Å². The van der Waals surface area contributed by atoms with Crippen molar-refractivity contribution in [2.24, 2.45) is 5.41 Å². The van der Waals surface area contributed by atoms with Gasteiger partial charge in [-0.05, 0) is 13.3 Å². The van der Waals surface area contributed by atoms with E-state index < -0.39 is 0 Å². The van der Waals surface area contributed by atoms with Gasteiger partial charge in [0.2, 0.25) is 0 Å². The van der Waals surface area contributed by atoms with Crippen LogP contribution in [-0.4, -0.2) is 18.9 Å². The van der Waals surface area contributed by atoms with E-state index in [4.69, 9.17) is 4.74 Å². The van der Waals surface area contributed by atoms with Gasteiger partial charge in [-0.15, -0.1) is 0 Å². The number of hydrogen-bond acceptors (Lipinski definition) is 3. The summed E-state index contributed by atoms with van der Waals surface area (Å²) in [6.07, 6.45) is 2.56. The number of carbonyl (C=O) groups excluding carboxylic acids is 1. The second-order valence-electron chi connectivity index (χ2n) is 4.48. The van der Waals surface area contributed by atoms with Gasteiger partial charge in [0.1, 0.15) is 0 Å². The van der Waals surface area contributed by atoms with Gasteiger partial charge in [0.15, 0.2) is 11.7 Å². The molecule has 88 valence electrons. The van der Waals surface area contributed by atoms with Crippen LogP contribution in [0.25, 0.3) is 0 Å². The summed E-state index contributed by atoms with van der Waals surface area (Å²) >= 11 is 0. The van der Waals surface area contributed by atoms with Crippen LogP contribution in [0.4, 0.5) is 0 Å². The monoisotopic (exact) mass is 213 g/mol. The molecule has 0 radical (unpaired) electrons. The minimum absolute atomic E-state index is 0.0783. The van der Waals surface area contributed by atoms with Crippen molar-refractivity contribution in [1.82, 2.24) is 5.32 Å². The highest BCUT2D eigenvalue weighted by molar-refractivity contribution is 5.94. The molecule has 0 aliphatic rings. The minimum atomic E-state index is -0.351. The van der Waals surface area contributed by atoms with E-state index in [1.165, 1.54) is 0 Å². The molecule has 1 N–H and O–H groups in total. The zero-order chi connectivity index (χ0) is 11.9. The molecule has 0 rings (SSSR count). The maximum absolute atomic E-state index is 11.7. The van der Waals surface area contributed by atoms with Crippen molar-refractivity contribution in [2.75, 3.05) is 13.2 Å². The molecule has 15 heavy (non-hydrogen) atoms. The van der Waals surface area contributed by atoms with Gasteiger partial charge < -0.3 is 10.1 Å². The molecule has 0 aromatic heterocycles. The lowest BCUT2D eigenvalue weighted by atomic mass is 9.91. The van der Waals surface area contributed by atoms with Gasteiger partial charge in [0, 0.05) is 18.0 Å². The fourth-order valence-electron chi connectivity index (χ4n) is 0.883. The van der Waals surface area contributed by atoms with Crippen LogP contribution < -0.4 is 5.32 Å². The summed E-state index contributed by atoms with van der Waals surface area (Å²) in [6.45, 7) is 11.1. The van der Waals surface area contributed by atoms with Crippen molar-refractivity contribution < 1.29 is 9.53 Å². The molecule has 0 aromatic rings. The standard InChI is InChI=1S/C12H23NO2/c1-6-8-13-11(15-7-2)9-10(14)12(3,4)5/h9,13H,6-8H2,1-5H3/b11-9-. The quantitative estimate of drug-likeness (QED) is 0.544. The molecule has 0 bridgehead atoms. The van der Waals surface area contributed by atoms with Crippen molar-refractivity contribution in [3.63, 3.8) is 0 Å². The molecule has 0 saturated carbocycles. The van der Waals surface area contributed by atoms with E-state index in [0.29, 0.717) is 12.5 Å². The first-order valence-corrected chi connectivity index (χ1v) is 5.54. The van der Waals surface area contributed by atoms with Crippen LogP contribution in [0.3, 0.4) is 0 Å². The average molecular weight is 213 g/mol. The third-order valence-corrected chi connectivity index (χ3v) is 1.85. The molecule has 3 nitrogen and oxygen atoms in total. The molecule has 0 heterocycles. The topological polar surface area (TPSA) is 38.3 Å². The maximum atomic E-state index is 11.7. The lowest BCUT2D eigenvalue weighted by Gasteiger charge is -2.16. The van der Waals surface area contributed by atoms with E-state index in [-0.39, 0.29) is 11.2 Å². The zero-order valence-electron chi connectivity index (χ0n) is 10.5. The lowest BCUT2D eigenvalue weighted by molar-refractivity contribution is -0.121. The summed E-state index contributed by atoms with van der Waals surface area (Å²) in [7, 11) is 0. The number of ether oxygens (including phenoxy) is 1. The molecule has 0 amide bonds. The van der Waals surface area contributed by atoms with Crippen molar-refractivity contribution in [3.05, 3.63) is 12.0 Å². The number of ketones is 1. The molecule has 0 unspecified atom stereocenters. The number of rotatable bonds is 6. The Bertz CT molecular complexity index is 226. The summed E-state index contributed by atoms with van der Waals surface area (Å²) < 4.78 is 5.34. The van der Waals surface area contributed by atoms with Crippen molar-refractivity contribution in [3.8, 4) is 0 Å². The van der Waals surface area contributed by atoms with E-state index in [1.54, 1.807) is 6.08 Å². The molecule has 0 aliphatic carbocycles. The summed E-state index contributed by atoms with van der Waals surface area (Å²) in [5, 5.41) is 3.09. The van der Waals surface area contributed by atoms with E-state index >= 15 is 0 Å². The van der Waals surface area contributed by atoms with Gasteiger partial charge in [-0.1, -0.05) is 27.7 Å². The highest BCUT2D eigenvalue weighted by atomic mass is 16.5. The minimum Gasteiger partial charge on any atom is -0.479 e. The summed E-state index contributed by atoms with van der Waals surface area (Å²) in [5.74, 6) is 0.661. The number of nitrogens with one attached hydrogen (secondary N) is 1. The molecular formula is C12H23NO2. The second-order valence-corrected chi connectivity index (χ2v) is 4.48. The molecule has 0 fully saturated rings. The Labute approximate surface area is 92.9 Å². The Morgan fingerprint density at radius 2 is 1.93 bits per heavy atom. The summed E-state index contributed by atoms with van der Waals surface area (Å²) in [5.41, 5.74) is -0.351. The third-order valence-electron chi connectivity index (χ3n) is 1.85. The van der Waals surface area contributed by atoms with E-state index in [1.807, 2.05) is 27.7 Å². The summed E-state index contributed by atoms with van der Waals surface area (Å²) in [6, 6.07) is 0. The number of allylic oxidation sites excluding steroid dienone is 1. The van der Waals surface area contributed by atoms with Gasteiger partial charge in [0.25, 0.3) is 0 Å². The zero-order valence-corrected chi connectivity index (χ0v) is 10.5. The van der Waals surface area contributed by atoms with E-state index in [0.717, 1.165) is 13.0 Å². The molecule has 3 heteroatoms. The smallest absolute Gasteiger partial charge is 0.190 e. The van der Waals surface area contributed by atoms with Crippen LogP contribution in [0.2, 0.25) is 0 Å². The van der Waals surface area contributed by atoms with Crippen LogP contribution in [0.5, 0.6) is 0 Å². The summed E-state index contributed by atoms with van der Waals surface area (Å²) in [4.78, 5) is 11.7. The largest absolute Gasteiger partial charge is 0.479 e. The van der Waals surface area contributed by atoms with Crippen molar-refractivity contribution in [2.45, 2.75) is 41.0 Å². The van der Waals surface area contributed by atoms with E-state index in [2.05, 4.69) is 12.2 Å². The predicted molar refractivity (Wildman–Crippen MR) is 62.5 cm³/mol. The predicted octanol–water partition coefficient (Wildman–Crippen LogP) is 2.48. The molecule has 0 atom stereocenters. The lowest BCUT2D eigenvalue weighted by Crippen LogP contribution is -2.23. The average Bonchev–Trinajstić information content (AvgIpc) is 2.13. The molecule has 0 aliphatic heterocycles. The van der Waals surface area contributed by atoms with Gasteiger partial charge >= 0.3 is 0 Å². The Hall–Kier alpha value is -0.990. The van der Waals surface area contributed by atoms with Crippen LogP contribution in [-0.2, 0) is 9.53 Å². The fourth-order valence-corrected chi connectivity index (χ4v) is 0.883. The first-order valence-electron chi connectivity index (χ1n) is 5.54. The number of carbonyl (C=O) groups is 1. The molecule has 0 spiro atoms.